The number of rotatable bonds is 7. The summed E-state index contributed by atoms with van der Waals surface area (Å²) in [5.41, 5.74) is 0.965. The van der Waals surface area contributed by atoms with Gasteiger partial charge in [0, 0.05) is 10.8 Å². The lowest BCUT2D eigenvalue weighted by atomic mass is 9.70. The van der Waals surface area contributed by atoms with E-state index in [0.717, 1.165) is 19.1 Å². The van der Waals surface area contributed by atoms with Crippen molar-refractivity contribution < 1.29 is 18.8 Å². The Hall–Kier alpha value is -0.610. The molecule has 0 aromatic heterocycles. The maximum absolute atomic E-state index is 12.9. The third-order valence-corrected chi connectivity index (χ3v) is 10.7. The molecule has 4 saturated carbocycles. The van der Waals surface area contributed by atoms with E-state index in [2.05, 4.69) is 55.6 Å². The number of hydrogen-bond donors (Lipinski definition) is 0. The molecule has 4 heteroatoms. The maximum atomic E-state index is 12.9. The van der Waals surface area contributed by atoms with E-state index in [4.69, 9.17) is 9.47 Å². The van der Waals surface area contributed by atoms with Crippen molar-refractivity contribution in [3.63, 3.8) is 0 Å². The Morgan fingerprint density at radius 2 is 1.67 bits per heavy atom. The van der Waals surface area contributed by atoms with Gasteiger partial charge in [-0.3, -0.25) is 0 Å². The number of ether oxygens (including phenoxy) is 2. The second-order valence-corrected chi connectivity index (χ2v) is 13.6. The normalized spacial score (nSPS) is 43.3. The predicted octanol–water partition coefficient (Wildman–Crippen LogP) is 5.05. The summed E-state index contributed by atoms with van der Waals surface area (Å²) >= 11 is 0. The zero-order valence-electron chi connectivity index (χ0n) is 20.8. The predicted molar refractivity (Wildman–Crippen MR) is 120 cm³/mol. The fourth-order valence-electron chi connectivity index (χ4n) is 7.97. The third kappa shape index (κ3) is 3.36. The molecule has 30 heavy (non-hydrogen) atoms. The minimum absolute atomic E-state index is 0.0418. The van der Waals surface area contributed by atoms with Crippen molar-refractivity contribution in [2.24, 2.45) is 33.5 Å². The van der Waals surface area contributed by atoms with E-state index < -0.39 is 0 Å². The Bertz CT molecular complexity index is 694. The molecular weight excluding hydrogens is 374 g/mol. The molecule has 0 saturated heterocycles. The van der Waals surface area contributed by atoms with E-state index in [1.807, 2.05) is 0 Å². The molecule has 0 aliphatic heterocycles. The van der Waals surface area contributed by atoms with Crippen molar-refractivity contribution in [2.75, 3.05) is 33.8 Å². The standard InChI is InChI=1S/C26H46NO3/c1-23(2)19-9-11-25(5,16-19)22(23)30-21(28)17-27(7,8)13-14-29-20-15-18-10-12-26(20,6)24(18,3)4/h18-20,22H,9-17H2,1-8H3/q+1/t18-,19-,20-,22-,25-,26+/m1/s1. The van der Waals surface area contributed by atoms with E-state index >= 15 is 0 Å². The molecular formula is C26H46NO3+. The van der Waals surface area contributed by atoms with Crippen LogP contribution in [0, 0.1) is 33.5 Å². The molecule has 4 rings (SSSR count). The van der Waals surface area contributed by atoms with Gasteiger partial charge in [0.25, 0.3) is 0 Å². The van der Waals surface area contributed by atoms with Crippen LogP contribution in [0.25, 0.3) is 0 Å². The minimum atomic E-state index is -0.0418. The van der Waals surface area contributed by atoms with Crippen LogP contribution in [-0.2, 0) is 14.3 Å². The Kier molecular flexibility index (Phi) is 5.22. The Morgan fingerprint density at radius 1 is 1.00 bits per heavy atom. The summed E-state index contributed by atoms with van der Waals surface area (Å²) < 4.78 is 13.2. The first-order chi connectivity index (χ1) is 13.7. The van der Waals surface area contributed by atoms with Crippen LogP contribution in [0.1, 0.15) is 80.1 Å². The van der Waals surface area contributed by atoms with Gasteiger partial charge in [-0.1, -0.05) is 41.5 Å². The molecule has 6 atom stereocenters. The molecule has 4 nitrogen and oxygen atoms in total. The van der Waals surface area contributed by atoms with E-state index in [-0.39, 0.29) is 22.9 Å². The first-order valence-electron chi connectivity index (χ1n) is 12.3. The van der Waals surface area contributed by atoms with E-state index in [9.17, 15) is 4.79 Å². The highest BCUT2D eigenvalue weighted by molar-refractivity contribution is 5.71. The fraction of sp³-hybridized carbons (Fsp3) is 0.962. The van der Waals surface area contributed by atoms with Gasteiger partial charge in [0.1, 0.15) is 12.6 Å². The topological polar surface area (TPSA) is 35.5 Å². The smallest absolute Gasteiger partial charge is 0.362 e. The van der Waals surface area contributed by atoms with Crippen LogP contribution in [0.15, 0.2) is 0 Å². The lowest BCUT2D eigenvalue weighted by Gasteiger charge is -2.42. The number of nitrogens with zero attached hydrogens (tertiary/aromatic N) is 1. The average Bonchev–Trinajstić information content (AvgIpc) is 3.22. The Balaban J connectivity index is 1.27. The number of quaternary nitrogens is 1. The quantitative estimate of drug-likeness (QED) is 0.427. The lowest BCUT2D eigenvalue weighted by Crippen LogP contribution is -2.50. The zero-order chi connectivity index (χ0) is 22.2. The molecule has 4 aliphatic carbocycles. The lowest BCUT2D eigenvalue weighted by molar-refractivity contribution is -0.883. The van der Waals surface area contributed by atoms with Gasteiger partial charge in [-0.2, -0.15) is 0 Å². The summed E-state index contributed by atoms with van der Waals surface area (Å²) in [6.45, 7) is 16.2. The van der Waals surface area contributed by atoms with Crippen molar-refractivity contribution in [3.8, 4) is 0 Å². The van der Waals surface area contributed by atoms with Gasteiger partial charge in [0.2, 0.25) is 0 Å². The van der Waals surface area contributed by atoms with E-state index in [0.29, 0.717) is 33.9 Å². The molecule has 4 bridgehead atoms. The van der Waals surface area contributed by atoms with Crippen LogP contribution >= 0.6 is 0 Å². The summed E-state index contributed by atoms with van der Waals surface area (Å²) in [6, 6.07) is 0. The molecule has 4 fully saturated rings. The minimum Gasteiger partial charge on any atom is -0.457 e. The SMILES string of the molecule is CC1(C)[C@@H]2CC[C@](C)(C2)[C@@H]1OC(=O)C[N+](C)(C)CCO[C@@H]1C[C@H]2CC[C@]1(C)C2(C)C. The fourth-order valence-corrected chi connectivity index (χ4v) is 7.97. The van der Waals surface area contributed by atoms with Crippen LogP contribution in [0.5, 0.6) is 0 Å². The van der Waals surface area contributed by atoms with Crippen molar-refractivity contribution >= 4 is 5.97 Å². The van der Waals surface area contributed by atoms with Gasteiger partial charge in [0.15, 0.2) is 6.54 Å². The van der Waals surface area contributed by atoms with Gasteiger partial charge in [-0.05, 0) is 61.2 Å². The summed E-state index contributed by atoms with van der Waals surface area (Å²) in [5, 5.41) is 0. The number of esters is 1. The molecule has 4 aliphatic rings. The first kappa shape index (κ1) is 22.6. The van der Waals surface area contributed by atoms with Crippen LogP contribution in [0.3, 0.4) is 0 Å². The van der Waals surface area contributed by atoms with E-state index in [1.54, 1.807) is 0 Å². The Labute approximate surface area is 184 Å². The van der Waals surface area contributed by atoms with Crippen LogP contribution < -0.4 is 0 Å². The van der Waals surface area contributed by atoms with Gasteiger partial charge in [-0.25, -0.2) is 4.79 Å². The zero-order valence-corrected chi connectivity index (χ0v) is 20.8. The number of fused-ring (bicyclic) bond motifs is 4. The van der Waals surface area contributed by atoms with Crippen molar-refractivity contribution in [1.29, 1.82) is 0 Å². The molecule has 0 amide bonds. The highest BCUT2D eigenvalue weighted by Gasteiger charge is 2.62. The second-order valence-electron chi connectivity index (χ2n) is 13.6. The average molecular weight is 421 g/mol. The summed E-state index contributed by atoms with van der Waals surface area (Å²) in [7, 11) is 4.26. The second kappa shape index (κ2) is 6.94. The molecule has 0 radical (unpaired) electrons. The van der Waals surface area contributed by atoms with Gasteiger partial charge in [0.05, 0.1) is 26.8 Å². The van der Waals surface area contributed by atoms with E-state index in [1.165, 1.54) is 38.5 Å². The molecule has 0 heterocycles. The molecule has 0 spiro atoms. The molecule has 0 aromatic carbocycles. The van der Waals surface area contributed by atoms with Crippen molar-refractivity contribution in [3.05, 3.63) is 0 Å². The Morgan fingerprint density at radius 3 is 2.20 bits per heavy atom. The molecule has 0 aromatic rings. The van der Waals surface area contributed by atoms with Crippen molar-refractivity contribution in [1.82, 2.24) is 0 Å². The highest BCUT2D eigenvalue weighted by Crippen LogP contribution is 2.66. The first-order valence-corrected chi connectivity index (χ1v) is 12.3. The number of likely N-dealkylation sites (N-methyl/N-ethyl adjacent to an activating group) is 1. The molecule has 0 N–H and O–H groups in total. The monoisotopic (exact) mass is 420 g/mol. The summed E-state index contributed by atoms with van der Waals surface area (Å²) in [5.74, 6) is 1.46. The van der Waals surface area contributed by atoms with Gasteiger partial charge in [-0.15, -0.1) is 0 Å². The molecule has 0 unspecified atom stereocenters. The largest absolute Gasteiger partial charge is 0.457 e. The van der Waals surface area contributed by atoms with Crippen molar-refractivity contribution in [2.45, 2.75) is 92.3 Å². The summed E-state index contributed by atoms with van der Waals surface area (Å²) in [4.78, 5) is 12.9. The van der Waals surface area contributed by atoms with Gasteiger partial charge < -0.3 is 14.0 Å². The van der Waals surface area contributed by atoms with Crippen LogP contribution in [0.4, 0.5) is 0 Å². The third-order valence-electron chi connectivity index (χ3n) is 10.7. The number of carbonyl (C=O) groups is 1. The van der Waals surface area contributed by atoms with Crippen LogP contribution in [-0.4, -0.2) is 56.5 Å². The number of hydrogen-bond acceptors (Lipinski definition) is 3. The van der Waals surface area contributed by atoms with Gasteiger partial charge >= 0.3 is 5.97 Å². The summed E-state index contributed by atoms with van der Waals surface area (Å²) in [6.07, 6.45) is 7.97. The maximum Gasteiger partial charge on any atom is 0.362 e. The highest BCUT2D eigenvalue weighted by atomic mass is 16.5. The molecule has 172 valence electrons. The van der Waals surface area contributed by atoms with Crippen LogP contribution in [0.2, 0.25) is 0 Å². The number of carbonyl (C=O) groups excluding carboxylic acids is 1.